The maximum absolute atomic E-state index is 13.3. The summed E-state index contributed by atoms with van der Waals surface area (Å²) in [6, 6.07) is 8.73. The number of halogens is 4. The fourth-order valence-corrected chi connectivity index (χ4v) is 4.09. The molecule has 3 N–H and O–H groups in total. The van der Waals surface area contributed by atoms with Crippen LogP contribution in [-0.4, -0.2) is 30.8 Å². The van der Waals surface area contributed by atoms with Crippen LogP contribution in [0.1, 0.15) is 36.1 Å². The Morgan fingerprint density at radius 2 is 1.93 bits per heavy atom. The highest BCUT2D eigenvalue weighted by Crippen LogP contribution is 2.20. The van der Waals surface area contributed by atoms with Gasteiger partial charge in [-0.05, 0) is 74.1 Å². The maximum Gasteiger partial charge on any atom is 0.124 e. The van der Waals surface area contributed by atoms with E-state index < -0.39 is 0 Å². The number of pyridine rings is 1. The Balaban J connectivity index is 0.00000225. The Morgan fingerprint density at radius 3 is 2.67 bits per heavy atom. The highest BCUT2D eigenvalue weighted by Gasteiger charge is 2.28. The van der Waals surface area contributed by atoms with E-state index in [1.807, 2.05) is 19.1 Å². The molecule has 2 atom stereocenters. The first-order chi connectivity index (χ1) is 13.5. The molecule has 0 aliphatic carbocycles. The minimum atomic E-state index is -0.268. The van der Waals surface area contributed by atoms with E-state index in [1.54, 1.807) is 6.07 Å². The van der Waals surface area contributed by atoms with Crippen LogP contribution in [0.4, 0.5) is 10.2 Å². The molecule has 2 heterocycles. The number of nitrogens with two attached hydrogens (primary N) is 1. The van der Waals surface area contributed by atoms with Gasteiger partial charge in [0.1, 0.15) is 11.6 Å². The number of nitrogen functional groups attached to an aromatic ring is 1. The van der Waals surface area contributed by atoms with Crippen molar-refractivity contribution in [1.82, 2.24) is 10.3 Å². The maximum atomic E-state index is 13.3. The predicted octanol–water partition coefficient (Wildman–Crippen LogP) is 5.17. The molecule has 0 saturated carbocycles. The molecule has 2 aromatic rings. The fourth-order valence-electron chi connectivity index (χ4n) is 3.85. The van der Waals surface area contributed by atoms with Crippen LogP contribution in [0.5, 0.6) is 0 Å². The van der Waals surface area contributed by atoms with E-state index in [0.717, 1.165) is 68.6 Å². The standard InChI is InChI=1S/C22H29ClFN3O.2ClH/c1-15-7-20(27-22(25)8-15)11-17-13-26-14-21(17)28-6-4-2-3-5-16-9-18(23)12-19(24)10-16;;/h7-10,12,17,21,26H,2-6,11,13-14H2,1H3,(H2,25,27);2*1H/t17-,21+;;/m1../s1. The summed E-state index contributed by atoms with van der Waals surface area (Å²) in [5.74, 6) is 0.733. The van der Waals surface area contributed by atoms with Crippen molar-refractivity contribution in [2.75, 3.05) is 25.4 Å². The summed E-state index contributed by atoms with van der Waals surface area (Å²) in [5, 5.41) is 3.89. The zero-order valence-corrected chi connectivity index (χ0v) is 19.6. The quantitative estimate of drug-likeness (QED) is 0.488. The lowest BCUT2D eigenvalue weighted by Gasteiger charge is -2.19. The fraction of sp³-hybridized carbons (Fsp3) is 0.500. The van der Waals surface area contributed by atoms with Crippen molar-refractivity contribution >= 4 is 42.2 Å². The van der Waals surface area contributed by atoms with Crippen LogP contribution in [0.15, 0.2) is 30.3 Å². The van der Waals surface area contributed by atoms with Crippen molar-refractivity contribution in [1.29, 1.82) is 0 Å². The molecule has 168 valence electrons. The van der Waals surface area contributed by atoms with Gasteiger partial charge < -0.3 is 15.8 Å². The third kappa shape index (κ3) is 8.56. The second kappa shape index (κ2) is 13.3. The van der Waals surface area contributed by atoms with E-state index in [2.05, 4.69) is 16.4 Å². The number of hydrogen-bond donors (Lipinski definition) is 2. The van der Waals surface area contributed by atoms with E-state index in [4.69, 9.17) is 22.1 Å². The molecule has 1 aliphatic heterocycles. The van der Waals surface area contributed by atoms with E-state index in [-0.39, 0.29) is 36.7 Å². The van der Waals surface area contributed by atoms with Gasteiger partial charge in [-0.15, -0.1) is 24.8 Å². The minimum absolute atomic E-state index is 0. The van der Waals surface area contributed by atoms with Gasteiger partial charge in [-0.25, -0.2) is 9.37 Å². The van der Waals surface area contributed by atoms with Crippen molar-refractivity contribution in [3.05, 3.63) is 58.0 Å². The summed E-state index contributed by atoms with van der Waals surface area (Å²) in [4.78, 5) is 4.45. The van der Waals surface area contributed by atoms with Crippen molar-refractivity contribution in [3.63, 3.8) is 0 Å². The van der Waals surface area contributed by atoms with Crippen molar-refractivity contribution < 1.29 is 9.13 Å². The molecule has 0 bridgehead atoms. The van der Waals surface area contributed by atoms with Gasteiger partial charge in [0.15, 0.2) is 0 Å². The zero-order chi connectivity index (χ0) is 19.9. The molecule has 1 aromatic heterocycles. The monoisotopic (exact) mass is 477 g/mol. The first kappa shape index (κ1) is 26.9. The molecule has 4 nitrogen and oxygen atoms in total. The molecule has 0 spiro atoms. The number of aryl methyl sites for hydroxylation is 2. The number of anilines is 1. The summed E-state index contributed by atoms with van der Waals surface area (Å²) in [5.41, 5.74) is 9.00. The van der Waals surface area contributed by atoms with E-state index in [9.17, 15) is 4.39 Å². The molecule has 1 saturated heterocycles. The first-order valence-electron chi connectivity index (χ1n) is 10.00. The molecule has 0 amide bonds. The van der Waals surface area contributed by atoms with Crippen LogP contribution >= 0.6 is 36.4 Å². The second-order valence-corrected chi connectivity index (χ2v) is 8.12. The van der Waals surface area contributed by atoms with Gasteiger partial charge in [0.25, 0.3) is 0 Å². The van der Waals surface area contributed by atoms with Gasteiger partial charge in [-0.3, -0.25) is 0 Å². The first-order valence-corrected chi connectivity index (χ1v) is 10.4. The molecular formula is C22H31Cl3FN3O. The Bertz CT molecular complexity index is 754. The molecule has 3 rings (SSSR count). The average Bonchev–Trinajstić information content (AvgIpc) is 3.03. The Morgan fingerprint density at radius 1 is 1.13 bits per heavy atom. The smallest absolute Gasteiger partial charge is 0.124 e. The summed E-state index contributed by atoms with van der Waals surface area (Å²) < 4.78 is 19.5. The Labute approximate surface area is 195 Å². The number of nitrogens with one attached hydrogen (secondary N) is 1. The molecule has 1 aliphatic rings. The van der Waals surface area contributed by atoms with Gasteiger partial charge >= 0.3 is 0 Å². The lowest BCUT2D eigenvalue weighted by Crippen LogP contribution is -2.25. The molecule has 8 heteroatoms. The van der Waals surface area contributed by atoms with Gasteiger partial charge in [-0.2, -0.15) is 0 Å². The summed E-state index contributed by atoms with van der Waals surface area (Å²) in [6.07, 6.45) is 4.99. The van der Waals surface area contributed by atoms with Crippen LogP contribution in [0.25, 0.3) is 0 Å². The number of nitrogens with zero attached hydrogens (tertiary/aromatic N) is 1. The van der Waals surface area contributed by atoms with E-state index >= 15 is 0 Å². The molecule has 0 unspecified atom stereocenters. The Kier molecular flexibility index (Phi) is 12.0. The third-order valence-electron chi connectivity index (χ3n) is 5.16. The van der Waals surface area contributed by atoms with Gasteiger partial charge in [0.2, 0.25) is 0 Å². The number of unbranched alkanes of at least 4 members (excludes halogenated alkanes) is 2. The lowest BCUT2D eigenvalue weighted by atomic mass is 9.99. The molecular weight excluding hydrogens is 448 g/mol. The largest absolute Gasteiger partial charge is 0.384 e. The topological polar surface area (TPSA) is 60.2 Å². The summed E-state index contributed by atoms with van der Waals surface area (Å²) in [7, 11) is 0. The van der Waals surface area contributed by atoms with Crippen molar-refractivity contribution in [2.24, 2.45) is 5.92 Å². The number of benzene rings is 1. The van der Waals surface area contributed by atoms with Crippen LogP contribution < -0.4 is 11.1 Å². The SMILES string of the molecule is Cc1cc(N)nc(C[C@@H]2CNC[C@@H]2OCCCCCc2cc(F)cc(Cl)c2)c1.Cl.Cl. The van der Waals surface area contributed by atoms with Crippen LogP contribution in [0.2, 0.25) is 5.02 Å². The summed E-state index contributed by atoms with van der Waals surface area (Å²) in [6.45, 7) is 4.62. The van der Waals surface area contributed by atoms with E-state index in [1.165, 1.54) is 6.07 Å². The van der Waals surface area contributed by atoms with Gasteiger partial charge in [0.05, 0.1) is 6.10 Å². The summed E-state index contributed by atoms with van der Waals surface area (Å²) >= 11 is 5.90. The molecule has 30 heavy (non-hydrogen) atoms. The zero-order valence-electron chi connectivity index (χ0n) is 17.2. The number of rotatable bonds is 9. The highest BCUT2D eigenvalue weighted by molar-refractivity contribution is 6.30. The normalized spacial score (nSPS) is 18.0. The van der Waals surface area contributed by atoms with Crippen LogP contribution in [0, 0.1) is 18.7 Å². The number of ether oxygens (including phenoxy) is 1. The molecule has 1 aromatic carbocycles. The average molecular weight is 479 g/mol. The second-order valence-electron chi connectivity index (χ2n) is 7.68. The number of hydrogen-bond acceptors (Lipinski definition) is 4. The number of aromatic nitrogens is 1. The predicted molar refractivity (Wildman–Crippen MR) is 127 cm³/mol. The molecule has 0 radical (unpaired) electrons. The van der Waals surface area contributed by atoms with Crippen LogP contribution in [0.3, 0.4) is 0 Å². The van der Waals surface area contributed by atoms with Crippen molar-refractivity contribution in [2.45, 2.75) is 45.1 Å². The minimum Gasteiger partial charge on any atom is -0.384 e. The lowest BCUT2D eigenvalue weighted by molar-refractivity contribution is 0.0354. The highest BCUT2D eigenvalue weighted by atomic mass is 35.5. The Hall–Kier alpha value is -1.11. The van der Waals surface area contributed by atoms with Crippen molar-refractivity contribution in [3.8, 4) is 0 Å². The van der Waals surface area contributed by atoms with Gasteiger partial charge in [0, 0.05) is 36.3 Å². The van der Waals surface area contributed by atoms with E-state index in [0.29, 0.717) is 16.8 Å². The molecule has 1 fully saturated rings. The van der Waals surface area contributed by atoms with Crippen LogP contribution in [-0.2, 0) is 17.6 Å². The third-order valence-corrected chi connectivity index (χ3v) is 5.37. The van der Waals surface area contributed by atoms with Gasteiger partial charge in [-0.1, -0.05) is 18.0 Å².